The molecule has 1 atom stereocenters. The van der Waals surface area contributed by atoms with Gasteiger partial charge in [-0.25, -0.2) is 4.68 Å². The first kappa shape index (κ1) is 15.8. The van der Waals surface area contributed by atoms with Crippen molar-refractivity contribution >= 4 is 5.91 Å². The summed E-state index contributed by atoms with van der Waals surface area (Å²) < 4.78 is 1.70. The van der Waals surface area contributed by atoms with Crippen LogP contribution in [0.15, 0.2) is 10.9 Å². The third kappa shape index (κ3) is 3.38. The van der Waals surface area contributed by atoms with Crippen molar-refractivity contribution < 1.29 is 4.79 Å². The van der Waals surface area contributed by atoms with E-state index in [2.05, 4.69) is 15.3 Å². The van der Waals surface area contributed by atoms with Crippen molar-refractivity contribution in [3.63, 3.8) is 0 Å². The van der Waals surface area contributed by atoms with Crippen molar-refractivity contribution in [2.45, 2.75) is 45.1 Å². The molecule has 130 valence electrons. The van der Waals surface area contributed by atoms with Crippen LogP contribution < -0.4 is 10.9 Å². The van der Waals surface area contributed by atoms with Gasteiger partial charge in [0.05, 0.1) is 5.69 Å². The number of aryl methyl sites for hydroxylation is 2. The molecule has 0 bridgehead atoms. The number of carbonyl (C=O) groups is 1. The van der Waals surface area contributed by atoms with Crippen molar-refractivity contribution in [2.24, 2.45) is 11.8 Å². The molecule has 0 aromatic carbocycles. The Morgan fingerprint density at radius 2 is 1.96 bits per heavy atom. The zero-order valence-electron chi connectivity index (χ0n) is 14.2. The lowest BCUT2D eigenvalue weighted by Gasteiger charge is -2.33. The highest BCUT2D eigenvalue weighted by atomic mass is 16.2. The Morgan fingerprint density at radius 3 is 2.71 bits per heavy atom. The fourth-order valence-corrected chi connectivity index (χ4v) is 4.33. The molecule has 1 aromatic rings. The molecular weight excluding hydrogens is 304 g/mol. The van der Waals surface area contributed by atoms with Crippen molar-refractivity contribution in [2.75, 3.05) is 26.2 Å². The number of nitrogens with zero attached hydrogens (tertiary/aromatic N) is 3. The minimum Gasteiger partial charge on any atom is -0.356 e. The number of piperidine rings is 1. The molecule has 6 nitrogen and oxygen atoms in total. The summed E-state index contributed by atoms with van der Waals surface area (Å²) in [4.78, 5) is 26.0. The van der Waals surface area contributed by atoms with Gasteiger partial charge in [-0.1, -0.05) is 0 Å². The number of fused-ring (bicyclic) bond motifs is 1. The maximum atomic E-state index is 12.2. The van der Waals surface area contributed by atoms with Crippen LogP contribution in [0.1, 0.15) is 36.9 Å². The van der Waals surface area contributed by atoms with Gasteiger partial charge in [-0.05, 0) is 62.6 Å². The number of amides is 1. The molecule has 2 saturated heterocycles. The first-order chi connectivity index (χ1) is 11.7. The van der Waals surface area contributed by atoms with Gasteiger partial charge in [0.15, 0.2) is 0 Å². The third-order valence-corrected chi connectivity index (χ3v) is 5.74. The summed E-state index contributed by atoms with van der Waals surface area (Å²) in [5.41, 5.74) is 2.35. The lowest BCUT2D eigenvalue weighted by Crippen LogP contribution is -2.39. The molecule has 3 heterocycles. The summed E-state index contributed by atoms with van der Waals surface area (Å²) in [5.74, 6) is 1.20. The number of likely N-dealkylation sites (tertiary alicyclic amines) is 1. The van der Waals surface area contributed by atoms with Crippen molar-refractivity contribution in [1.29, 1.82) is 0 Å². The van der Waals surface area contributed by atoms with E-state index in [0.29, 0.717) is 18.3 Å². The highest BCUT2D eigenvalue weighted by Gasteiger charge is 2.27. The van der Waals surface area contributed by atoms with Crippen LogP contribution in [0.5, 0.6) is 0 Å². The number of aromatic nitrogens is 2. The third-order valence-electron chi connectivity index (χ3n) is 5.74. The second-order valence-electron chi connectivity index (χ2n) is 7.61. The van der Waals surface area contributed by atoms with Gasteiger partial charge in [0.2, 0.25) is 5.91 Å². The maximum absolute atomic E-state index is 12.2. The predicted octanol–water partition coefficient (Wildman–Crippen LogP) is 0.580. The van der Waals surface area contributed by atoms with E-state index in [1.165, 1.54) is 0 Å². The molecule has 1 amide bonds. The molecule has 24 heavy (non-hydrogen) atoms. The van der Waals surface area contributed by atoms with Crippen LogP contribution >= 0.6 is 0 Å². The molecular formula is C18H26N4O2. The zero-order valence-corrected chi connectivity index (χ0v) is 14.2. The Bertz CT molecular complexity index is 676. The summed E-state index contributed by atoms with van der Waals surface area (Å²) in [5, 5.41) is 7.52. The van der Waals surface area contributed by atoms with Crippen molar-refractivity contribution in [1.82, 2.24) is 20.0 Å². The van der Waals surface area contributed by atoms with Gasteiger partial charge in [0.1, 0.15) is 0 Å². The van der Waals surface area contributed by atoms with E-state index in [0.717, 1.165) is 76.1 Å². The maximum Gasteiger partial charge on any atom is 0.267 e. The average molecular weight is 330 g/mol. The number of rotatable bonds is 4. The molecule has 0 spiro atoms. The Balaban J connectivity index is 1.30. The summed E-state index contributed by atoms with van der Waals surface area (Å²) in [6.45, 7) is 4.73. The van der Waals surface area contributed by atoms with Gasteiger partial charge in [0.25, 0.3) is 5.56 Å². The van der Waals surface area contributed by atoms with E-state index in [9.17, 15) is 9.59 Å². The Morgan fingerprint density at radius 1 is 1.12 bits per heavy atom. The summed E-state index contributed by atoms with van der Waals surface area (Å²) in [6.07, 6.45) is 6.05. The Hall–Kier alpha value is -1.69. The summed E-state index contributed by atoms with van der Waals surface area (Å²) >= 11 is 0. The average Bonchev–Trinajstić information content (AvgIpc) is 3.18. The summed E-state index contributed by atoms with van der Waals surface area (Å²) in [7, 11) is 0. The standard InChI is InChI=1S/C18H26N4O2/c23-17-8-14(10-19-17)11-21-6-4-13(5-7-21)12-22-18(24)9-15-2-1-3-16(15)20-22/h9,13-14H,1-8,10-12H2,(H,19,23). The lowest BCUT2D eigenvalue weighted by atomic mass is 9.95. The molecule has 2 fully saturated rings. The highest BCUT2D eigenvalue weighted by Crippen LogP contribution is 2.22. The Kier molecular flexibility index (Phi) is 4.39. The second-order valence-corrected chi connectivity index (χ2v) is 7.61. The predicted molar refractivity (Wildman–Crippen MR) is 90.8 cm³/mol. The molecule has 0 radical (unpaired) electrons. The van der Waals surface area contributed by atoms with Gasteiger partial charge in [-0.2, -0.15) is 5.10 Å². The molecule has 1 unspecified atom stereocenters. The lowest BCUT2D eigenvalue weighted by molar-refractivity contribution is -0.119. The normalized spacial score (nSPS) is 25.0. The molecule has 4 rings (SSSR count). The SMILES string of the molecule is O=C1CC(CN2CCC(Cn3nc4c(cc3=O)CCC4)CC2)CN1. The van der Waals surface area contributed by atoms with Gasteiger partial charge < -0.3 is 10.2 Å². The van der Waals surface area contributed by atoms with E-state index in [1.807, 2.05) is 0 Å². The monoisotopic (exact) mass is 330 g/mol. The number of carbonyl (C=O) groups excluding carboxylic acids is 1. The first-order valence-corrected chi connectivity index (χ1v) is 9.26. The van der Waals surface area contributed by atoms with Crippen LogP contribution in [0.25, 0.3) is 0 Å². The second kappa shape index (κ2) is 6.67. The van der Waals surface area contributed by atoms with E-state index in [-0.39, 0.29) is 11.5 Å². The first-order valence-electron chi connectivity index (χ1n) is 9.26. The van der Waals surface area contributed by atoms with Gasteiger partial charge in [-0.3, -0.25) is 9.59 Å². The molecule has 0 saturated carbocycles. The van der Waals surface area contributed by atoms with E-state index < -0.39 is 0 Å². The zero-order chi connectivity index (χ0) is 16.5. The number of hydrogen-bond acceptors (Lipinski definition) is 4. The van der Waals surface area contributed by atoms with Crippen molar-refractivity contribution in [3.05, 3.63) is 27.7 Å². The van der Waals surface area contributed by atoms with E-state index in [1.54, 1.807) is 10.7 Å². The van der Waals surface area contributed by atoms with Crippen LogP contribution in [-0.4, -0.2) is 46.8 Å². The quantitative estimate of drug-likeness (QED) is 0.877. The highest BCUT2D eigenvalue weighted by molar-refractivity contribution is 5.78. The molecule has 3 aliphatic rings. The van der Waals surface area contributed by atoms with Gasteiger partial charge in [-0.15, -0.1) is 0 Å². The smallest absolute Gasteiger partial charge is 0.267 e. The van der Waals surface area contributed by atoms with E-state index >= 15 is 0 Å². The molecule has 6 heteroatoms. The largest absolute Gasteiger partial charge is 0.356 e. The van der Waals surface area contributed by atoms with Crippen LogP contribution in [0, 0.1) is 11.8 Å². The summed E-state index contributed by atoms with van der Waals surface area (Å²) in [6, 6.07) is 1.80. The van der Waals surface area contributed by atoms with Crippen LogP contribution in [0.2, 0.25) is 0 Å². The minimum absolute atomic E-state index is 0.0635. The minimum atomic E-state index is 0.0635. The number of nitrogens with one attached hydrogen (secondary N) is 1. The fraction of sp³-hybridized carbons (Fsp3) is 0.722. The fourth-order valence-electron chi connectivity index (χ4n) is 4.33. The van der Waals surface area contributed by atoms with Crippen molar-refractivity contribution in [3.8, 4) is 0 Å². The van der Waals surface area contributed by atoms with Crippen LogP contribution in [0.3, 0.4) is 0 Å². The van der Waals surface area contributed by atoms with Gasteiger partial charge in [0, 0.05) is 32.1 Å². The molecule has 1 aliphatic carbocycles. The molecule has 1 aromatic heterocycles. The van der Waals surface area contributed by atoms with E-state index in [4.69, 9.17) is 0 Å². The molecule has 2 aliphatic heterocycles. The molecule has 1 N–H and O–H groups in total. The van der Waals surface area contributed by atoms with Gasteiger partial charge >= 0.3 is 0 Å². The number of hydrogen-bond donors (Lipinski definition) is 1. The topological polar surface area (TPSA) is 67.2 Å². The van der Waals surface area contributed by atoms with Crippen LogP contribution in [0.4, 0.5) is 0 Å². The Labute approximate surface area is 142 Å². The van der Waals surface area contributed by atoms with Crippen LogP contribution in [-0.2, 0) is 24.2 Å².